The largest absolute Gasteiger partial charge is 2.00 e. The Labute approximate surface area is 321 Å². The van der Waals surface area contributed by atoms with Crippen LogP contribution in [0.5, 0.6) is 11.5 Å². The number of hydrogen-bond donors (Lipinski definition) is 0. The normalized spacial score (nSPS) is 11.9. The van der Waals surface area contributed by atoms with Crippen LogP contribution in [0.15, 0.2) is 110 Å². The van der Waals surface area contributed by atoms with Crippen molar-refractivity contribution in [2.24, 2.45) is 0 Å². The van der Waals surface area contributed by atoms with Crippen LogP contribution in [0.3, 0.4) is 0 Å². The molecule has 5 aromatic carbocycles. The zero-order chi connectivity index (χ0) is 35.0. The van der Waals surface area contributed by atoms with E-state index in [-0.39, 0.29) is 26.5 Å². The van der Waals surface area contributed by atoms with E-state index in [4.69, 9.17) is 14.8 Å². The minimum absolute atomic E-state index is 0. The summed E-state index contributed by atoms with van der Waals surface area (Å²) in [5, 5.41) is 9.45. The van der Waals surface area contributed by atoms with Gasteiger partial charge >= 0.3 is 21.1 Å². The molecule has 52 heavy (non-hydrogen) atoms. The van der Waals surface area contributed by atoms with E-state index >= 15 is 0 Å². The first-order valence-electron chi connectivity index (χ1n) is 17.2. The summed E-state index contributed by atoms with van der Waals surface area (Å²) in [7, 11) is 0. The maximum atomic E-state index is 6.52. The molecule has 9 rings (SSSR count). The van der Waals surface area contributed by atoms with E-state index in [9.17, 15) is 0 Å². The summed E-state index contributed by atoms with van der Waals surface area (Å²) in [4.78, 5) is 4.95. The third-order valence-corrected chi connectivity index (χ3v) is 10.9. The number of aromatic nitrogens is 4. The second kappa shape index (κ2) is 12.9. The van der Waals surface area contributed by atoms with E-state index in [1.54, 1.807) is 0 Å². The SMILES string of the molecule is Cc1cc(C)c(-c2cnn(-c3[c-]c(Oc4[c-]c5c(cc4)c4ccc6sc7ccccc7c6c4n5-c4cc(C(C)(C)C)ccn4)ccc3)c2)c(C)c1.[Pt+2]. The zero-order valence-corrected chi connectivity index (χ0v) is 32.9. The third-order valence-electron chi connectivity index (χ3n) is 9.76. The molecule has 7 heteroatoms. The molecule has 258 valence electrons. The van der Waals surface area contributed by atoms with Crippen LogP contribution in [0.4, 0.5) is 0 Å². The summed E-state index contributed by atoms with van der Waals surface area (Å²) in [6.45, 7) is 13.2. The van der Waals surface area contributed by atoms with Gasteiger partial charge in [-0.25, -0.2) is 4.98 Å². The number of fused-ring (bicyclic) bond motifs is 7. The molecule has 4 heterocycles. The summed E-state index contributed by atoms with van der Waals surface area (Å²) in [5.41, 5.74) is 10.1. The standard InChI is InChI=1S/C45H36N4OS.Pt/c1-27-20-28(2)42(29(3)21-27)30-25-47-48(26-30)32-10-9-11-33(23-32)50-34-14-15-35-36-16-17-40-43(37-12-7-8-13-39(37)51-40)44(36)49(38(35)24-34)41-22-31(18-19-46-41)45(4,5)6;/h7-22,25-26H,1-6H3;/q-2;+2. The summed E-state index contributed by atoms with van der Waals surface area (Å²) >= 11 is 1.82. The zero-order valence-electron chi connectivity index (χ0n) is 29.8. The molecule has 0 N–H and O–H groups in total. The molecule has 0 aliphatic heterocycles. The molecule has 0 saturated heterocycles. The van der Waals surface area contributed by atoms with Gasteiger partial charge in [-0.05, 0) is 83.8 Å². The Morgan fingerprint density at radius 3 is 2.33 bits per heavy atom. The first-order valence-corrected chi connectivity index (χ1v) is 18.0. The van der Waals surface area contributed by atoms with Crippen LogP contribution < -0.4 is 4.74 Å². The van der Waals surface area contributed by atoms with Crippen LogP contribution in [0.25, 0.3) is 64.6 Å². The number of benzene rings is 5. The fraction of sp³-hybridized carbons (Fsp3) is 0.156. The van der Waals surface area contributed by atoms with E-state index < -0.39 is 0 Å². The Bertz CT molecular complexity index is 2790. The molecule has 0 unspecified atom stereocenters. The third kappa shape index (κ3) is 5.75. The number of thiophene rings is 1. The summed E-state index contributed by atoms with van der Waals surface area (Å²) in [6, 6.07) is 39.0. The topological polar surface area (TPSA) is 44.9 Å². The fourth-order valence-electron chi connectivity index (χ4n) is 7.48. The predicted molar refractivity (Wildman–Crippen MR) is 211 cm³/mol. The molecule has 0 spiro atoms. The Hall–Kier alpha value is -5.03. The van der Waals surface area contributed by atoms with Crippen molar-refractivity contribution >= 4 is 53.3 Å². The minimum atomic E-state index is -0.0349. The smallest absolute Gasteiger partial charge is 0.509 e. The molecule has 4 aromatic heterocycles. The Morgan fingerprint density at radius 1 is 0.750 bits per heavy atom. The average Bonchev–Trinajstić information content (AvgIpc) is 3.82. The van der Waals surface area contributed by atoms with Gasteiger partial charge in [-0.3, -0.25) is 4.68 Å². The van der Waals surface area contributed by atoms with Crippen molar-refractivity contribution in [1.29, 1.82) is 0 Å². The second-order valence-corrected chi connectivity index (χ2v) is 15.5. The Kier molecular flexibility index (Phi) is 8.44. The van der Waals surface area contributed by atoms with E-state index in [0.717, 1.165) is 38.9 Å². The quantitative estimate of drug-likeness (QED) is 0.162. The maximum Gasteiger partial charge on any atom is 2.00 e. The van der Waals surface area contributed by atoms with Gasteiger partial charge in [0.05, 0.1) is 11.7 Å². The molecule has 0 aliphatic carbocycles. The summed E-state index contributed by atoms with van der Waals surface area (Å²) < 4.78 is 13.2. The predicted octanol–water partition coefficient (Wildman–Crippen LogP) is 12.0. The van der Waals surface area contributed by atoms with Gasteiger partial charge in [0.15, 0.2) is 0 Å². The molecule has 9 aromatic rings. The summed E-state index contributed by atoms with van der Waals surface area (Å²) in [6.07, 6.45) is 5.90. The molecular weight excluding hydrogens is 840 g/mol. The molecule has 0 fully saturated rings. The fourth-order valence-corrected chi connectivity index (χ4v) is 8.59. The first-order chi connectivity index (χ1) is 24.6. The molecule has 0 bridgehead atoms. The van der Waals surface area contributed by atoms with Crippen molar-refractivity contribution in [1.82, 2.24) is 19.3 Å². The van der Waals surface area contributed by atoms with Crippen molar-refractivity contribution < 1.29 is 25.8 Å². The maximum absolute atomic E-state index is 6.52. The number of rotatable bonds is 5. The van der Waals surface area contributed by atoms with Gasteiger partial charge < -0.3 is 9.30 Å². The second-order valence-electron chi connectivity index (χ2n) is 14.5. The molecule has 5 nitrogen and oxygen atoms in total. The molecule has 0 amide bonds. The molecule has 0 radical (unpaired) electrons. The van der Waals surface area contributed by atoms with Crippen LogP contribution in [0.2, 0.25) is 0 Å². The summed E-state index contributed by atoms with van der Waals surface area (Å²) in [5.74, 6) is 2.05. The van der Waals surface area contributed by atoms with Gasteiger partial charge in [0.2, 0.25) is 0 Å². The van der Waals surface area contributed by atoms with E-state index in [1.165, 1.54) is 48.0 Å². The van der Waals surface area contributed by atoms with Gasteiger partial charge in [-0.15, -0.1) is 47.1 Å². The number of nitrogens with zero attached hydrogens (tertiary/aromatic N) is 4. The number of ether oxygens (including phenoxy) is 1. The first kappa shape index (κ1) is 34.1. The van der Waals surface area contributed by atoms with Crippen molar-refractivity contribution in [3.05, 3.63) is 144 Å². The van der Waals surface area contributed by atoms with E-state index in [2.05, 4.69) is 131 Å². The van der Waals surface area contributed by atoms with Crippen LogP contribution in [-0.2, 0) is 26.5 Å². The molecule has 0 saturated carbocycles. The minimum Gasteiger partial charge on any atom is -0.509 e. The van der Waals surface area contributed by atoms with Gasteiger partial charge in [0.1, 0.15) is 5.82 Å². The molecule has 0 atom stereocenters. The van der Waals surface area contributed by atoms with Crippen molar-refractivity contribution in [2.45, 2.75) is 47.0 Å². The van der Waals surface area contributed by atoms with Crippen LogP contribution in [0.1, 0.15) is 43.0 Å². The van der Waals surface area contributed by atoms with Crippen molar-refractivity contribution in [2.75, 3.05) is 0 Å². The van der Waals surface area contributed by atoms with Gasteiger partial charge in [0.25, 0.3) is 0 Å². The van der Waals surface area contributed by atoms with Crippen molar-refractivity contribution in [3.8, 4) is 34.1 Å². The van der Waals surface area contributed by atoms with Crippen molar-refractivity contribution in [3.63, 3.8) is 0 Å². The van der Waals surface area contributed by atoms with E-state index in [0.29, 0.717) is 11.5 Å². The van der Waals surface area contributed by atoms with Crippen LogP contribution >= 0.6 is 11.3 Å². The number of pyridine rings is 1. The average molecular weight is 876 g/mol. The van der Waals surface area contributed by atoms with Crippen LogP contribution in [-0.4, -0.2) is 19.3 Å². The van der Waals surface area contributed by atoms with Crippen LogP contribution in [0, 0.1) is 32.9 Å². The Morgan fingerprint density at radius 2 is 1.52 bits per heavy atom. The molecular formula is C45H36N4OPtS. The van der Waals surface area contributed by atoms with Gasteiger partial charge in [0, 0.05) is 49.6 Å². The monoisotopic (exact) mass is 875 g/mol. The Balaban J connectivity index is 0.00000387. The van der Waals surface area contributed by atoms with Gasteiger partial charge in [-0.1, -0.05) is 68.2 Å². The van der Waals surface area contributed by atoms with Gasteiger partial charge in [-0.2, -0.15) is 17.2 Å². The number of aryl methyl sites for hydroxylation is 3. The van der Waals surface area contributed by atoms with E-state index in [1.807, 2.05) is 52.7 Å². The molecule has 0 aliphatic rings. The number of hydrogen-bond acceptors (Lipinski definition) is 4.